The summed E-state index contributed by atoms with van der Waals surface area (Å²) in [6.07, 6.45) is -4.71. The Morgan fingerprint density at radius 1 is 1.06 bits per heavy atom. The summed E-state index contributed by atoms with van der Waals surface area (Å²) in [5.74, 6) is 0.536. The van der Waals surface area contributed by atoms with Gasteiger partial charge < -0.3 is 19.3 Å². The van der Waals surface area contributed by atoms with Gasteiger partial charge in [0.25, 0.3) is 0 Å². The van der Waals surface area contributed by atoms with Gasteiger partial charge in [-0.2, -0.15) is 13.2 Å². The molecule has 3 heterocycles. The minimum absolute atomic E-state index is 0.262. The lowest BCUT2D eigenvalue weighted by atomic mass is 10.0. The van der Waals surface area contributed by atoms with Crippen LogP contribution in [-0.4, -0.2) is 74.0 Å². The second-order valence-corrected chi connectivity index (χ2v) is 10.0. The Labute approximate surface area is 187 Å². The van der Waals surface area contributed by atoms with Crippen LogP contribution in [0.4, 0.5) is 23.7 Å². The van der Waals surface area contributed by atoms with E-state index in [4.69, 9.17) is 9.47 Å². The third-order valence-electron chi connectivity index (χ3n) is 6.38. The van der Waals surface area contributed by atoms with Gasteiger partial charge in [0.1, 0.15) is 5.60 Å². The summed E-state index contributed by atoms with van der Waals surface area (Å²) in [5.41, 5.74) is -0.203. The zero-order chi connectivity index (χ0) is 23.1. The van der Waals surface area contributed by atoms with Crippen molar-refractivity contribution in [3.05, 3.63) is 29.3 Å². The maximum absolute atomic E-state index is 13.9. The molecule has 9 heteroatoms. The third kappa shape index (κ3) is 5.31. The van der Waals surface area contributed by atoms with E-state index in [2.05, 4.69) is 4.90 Å². The monoisotopic (exact) mass is 455 g/mol. The van der Waals surface area contributed by atoms with Crippen molar-refractivity contribution < 1.29 is 27.4 Å². The number of halogens is 3. The molecule has 0 aliphatic carbocycles. The molecule has 0 spiro atoms. The summed E-state index contributed by atoms with van der Waals surface area (Å²) < 4.78 is 52.3. The van der Waals surface area contributed by atoms with Crippen LogP contribution in [0.15, 0.2) is 18.2 Å². The molecule has 0 aromatic heterocycles. The minimum Gasteiger partial charge on any atom is -0.444 e. The molecule has 1 aromatic carbocycles. The summed E-state index contributed by atoms with van der Waals surface area (Å²) >= 11 is 0. The molecule has 3 saturated heterocycles. The van der Waals surface area contributed by atoms with Crippen LogP contribution in [0, 0.1) is 11.8 Å². The van der Waals surface area contributed by atoms with Gasteiger partial charge in [-0.25, -0.2) is 4.79 Å². The van der Waals surface area contributed by atoms with E-state index in [1.165, 1.54) is 6.07 Å². The van der Waals surface area contributed by atoms with E-state index in [1.807, 2.05) is 25.7 Å². The predicted molar refractivity (Wildman–Crippen MR) is 115 cm³/mol. The number of carbonyl (C=O) groups excluding carboxylic acids is 1. The molecule has 1 aromatic rings. The number of rotatable bonds is 3. The lowest BCUT2D eigenvalue weighted by molar-refractivity contribution is -0.138. The molecule has 0 saturated carbocycles. The van der Waals surface area contributed by atoms with Crippen LogP contribution in [0.1, 0.15) is 31.9 Å². The molecule has 3 fully saturated rings. The maximum atomic E-state index is 13.9. The van der Waals surface area contributed by atoms with Gasteiger partial charge in [-0.1, -0.05) is 6.07 Å². The molecular formula is C23H32F3N3O3. The summed E-state index contributed by atoms with van der Waals surface area (Å²) in [6, 6.07) is 4.69. The van der Waals surface area contributed by atoms with Crippen molar-refractivity contribution in [3.63, 3.8) is 0 Å². The highest BCUT2D eigenvalue weighted by molar-refractivity contribution is 5.68. The average Bonchev–Trinajstić information content (AvgIpc) is 3.25. The molecule has 0 radical (unpaired) electrons. The zero-order valence-corrected chi connectivity index (χ0v) is 19.0. The highest BCUT2D eigenvalue weighted by atomic mass is 19.4. The van der Waals surface area contributed by atoms with Crippen molar-refractivity contribution >= 4 is 11.8 Å². The van der Waals surface area contributed by atoms with Crippen LogP contribution in [-0.2, 0) is 22.2 Å². The van der Waals surface area contributed by atoms with Crippen molar-refractivity contribution in [3.8, 4) is 0 Å². The first-order chi connectivity index (χ1) is 15.0. The van der Waals surface area contributed by atoms with Crippen LogP contribution in [0.5, 0.6) is 0 Å². The summed E-state index contributed by atoms with van der Waals surface area (Å²) in [4.78, 5) is 18.1. The number of carbonyl (C=O) groups is 1. The smallest absolute Gasteiger partial charge is 0.416 e. The molecule has 2 unspecified atom stereocenters. The number of fused-ring (bicyclic) bond motifs is 1. The second-order valence-electron chi connectivity index (χ2n) is 10.0. The summed E-state index contributed by atoms with van der Waals surface area (Å²) in [5, 5.41) is 0. The molecule has 0 bridgehead atoms. The molecule has 1 amide bonds. The standard InChI is InChI=1S/C23H32F3N3O3/c1-22(2,3)32-21(30)29-14-17-12-27(13-18(17)15-29)11-16-4-5-19(10-20(16)23(24,25)26)28-6-8-31-9-7-28/h4-5,10,17-18H,6-9,11-15H2,1-3H3. The fourth-order valence-corrected chi connectivity index (χ4v) is 4.92. The van der Waals surface area contributed by atoms with Gasteiger partial charge in [-0.05, 0) is 50.3 Å². The first-order valence-corrected chi connectivity index (χ1v) is 11.2. The normalized spacial score (nSPS) is 24.7. The highest BCUT2D eigenvalue weighted by Gasteiger charge is 2.43. The van der Waals surface area contributed by atoms with Crippen molar-refractivity contribution in [1.29, 1.82) is 0 Å². The number of hydrogen-bond acceptors (Lipinski definition) is 5. The Hall–Kier alpha value is -2.00. The fourth-order valence-electron chi connectivity index (χ4n) is 4.92. The van der Waals surface area contributed by atoms with E-state index >= 15 is 0 Å². The molecule has 6 nitrogen and oxygen atoms in total. The van der Waals surface area contributed by atoms with Crippen molar-refractivity contribution in [2.75, 3.05) is 57.4 Å². The molecule has 3 aliphatic heterocycles. The molecule has 32 heavy (non-hydrogen) atoms. The minimum atomic E-state index is -4.40. The van der Waals surface area contributed by atoms with Crippen molar-refractivity contribution in [2.24, 2.45) is 11.8 Å². The number of hydrogen-bond donors (Lipinski definition) is 0. The number of morpholine rings is 1. The lowest BCUT2D eigenvalue weighted by Gasteiger charge is -2.30. The molecule has 2 atom stereocenters. The van der Waals surface area contributed by atoms with E-state index in [1.54, 1.807) is 17.0 Å². The maximum Gasteiger partial charge on any atom is 0.416 e. The van der Waals surface area contributed by atoms with Crippen molar-refractivity contribution in [2.45, 2.75) is 39.1 Å². The van der Waals surface area contributed by atoms with Gasteiger partial charge in [-0.3, -0.25) is 4.90 Å². The number of anilines is 1. The van der Waals surface area contributed by atoms with E-state index < -0.39 is 17.3 Å². The highest BCUT2D eigenvalue weighted by Crippen LogP contribution is 2.37. The van der Waals surface area contributed by atoms with E-state index in [9.17, 15) is 18.0 Å². The second kappa shape index (κ2) is 8.74. The Morgan fingerprint density at radius 3 is 2.25 bits per heavy atom. The SMILES string of the molecule is CC(C)(C)OC(=O)N1CC2CN(Cc3ccc(N4CCOCC4)cc3C(F)(F)F)CC2C1. The summed E-state index contributed by atoms with van der Waals surface area (Å²) in [7, 11) is 0. The number of alkyl halides is 3. The predicted octanol–water partition coefficient (Wildman–Crippen LogP) is 3.84. The van der Waals surface area contributed by atoms with Gasteiger partial charge in [-0.15, -0.1) is 0 Å². The molecule has 3 aliphatic rings. The van der Waals surface area contributed by atoms with E-state index in [0.717, 1.165) is 0 Å². The van der Waals surface area contributed by atoms with Gasteiger partial charge in [0, 0.05) is 51.5 Å². The first kappa shape index (κ1) is 23.2. The Kier molecular flexibility index (Phi) is 6.33. The van der Waals surface area contributed by atoms with Gasteiger partial charge in [0.2, 0.25) is 0 Å². The molecule has 4 rings (SSSR count). The fraction of sp³-hybridized carbons (Fsp3) is 0.696. The quantitative estimate of drug-likeness (QED) is 0.693. The lowest BCUT2D eigenvalue weighted by Crippen LogP contribution is -2.37. The van der Waals surface area contributed by atoms with Gasteiger partial charge >= 0.3 is 12.3 Å². The topological polar surface area (TPSA) is 45.2 Å². The number of ether oxygens (including phenoxy) is 2. The average molecular weight is 456 g/mol. The molecule has 0 N–H and O–H groups in total. The van der Waals surface area contributed by atoms with Crippen LogP contribution in [0.3, 0.4) is 0 Å². The number of benzene rings is 1. The van der Waals surface area contributed by atoms with Crippen LogP contribution >= 0.6 is 0 Å². The van der Waals surface area contributed by atoms with Gasteiger partial charge in [0.05, 0.1) is 18.8 Å². The van der Waals surface area contributed by atoms with Crippen LogP contribution in [0.25, 0.3) is 0 Å². The van der Waals surface area contributed by atoms with E-state index in [0.29, 0.717) is 63.7 Å². The van der Waals surface area contributed by atoms with Gasteiger partial charge in [0.15, 0.2) is 0 Å². The molecule has 178 valence electrons. The Morgan fingerprint density at radius 2 is 1.69 bits per heavy atom. The largest absolute Gasteiger partial charge is 0.444 e. The number of nitrogens with zero attached hydrogens (tertiary/aromatic N) is 3. The van der Waals surface area contributed by atoms with Crippen LogP contribution < -0.4 is 4.90 Å². The Balaban J connectivity index is 1.40. The molecular weight excluding hydrogens is 423 g/mol. The first-order valence-electron chi connectivity index (χ1n) is 11.2. The number of likely N-dealkylation sites (tertiary alicyclic amines) is 2. The zero-order valence-electron chi connectivity index (χ0n) is 19.0. The van der Waals surface area contributed by atoms with Crippen LogP contribution in [0.2, 0.25) is 0 Å². The van der Waals surface area contributed by atoms with Crippen molar-refractivity contribution in [1.82, 2.24) is 9.80 Å². The number of amides is 1. The third-order valence-corrected chi connectivity index (χ3v) is 6.38. The Bertz CT molecular complexity index is 820. The van der Waals surface area contributed by atoms with E-state index in [-0.39, 0.29) is 24.5 Å². The summed E-state index contributed by atoms with van der Waals surface area (Å²) in [6.45, 7) is 10.6.